The first-order chi connectivity index (χ1) is 7.99. The average Bonchev–Trinajstić information content (AvgIpc) is 2.64. The van der Waals surface area contributed by atoms with Crippen LogP contribution < -0.4 is 4.72 Å². The van der Waals surface area contributed by atoms with Crippen LogP contribution in [0.1, 0.15) is 19.3 Å². The number of alkyl halides is 1. The van der Waals surface area contributed by atoms with Gasteiger partial charge in [0.25, 0.3) is 0 Å². The predicted molar refractivity (Wildman–Crippen MR) is 64.0 cm³/mol. The van der Waals surface area contributed by atoms with E-state index in [0.29, 0.717) is 0 Å². The maximum atomic E-state index is 12.7. The lowest BCUT2D eigenvalue weighted by Crippen LogP contribution is -2.37. The van der Waals surface area contributed by atoms with Crippen molar-refractivity contribution >= 4 is 21.6 Å². The molecule has 1 aliphatic rings. The molecule has 0 saturated heterocycles. The molecular weight excluding hydrogens is 265 g/mol. The van der Waals surface area contributed by atoms with Crippen LogP contribution in [0.2, 0.25) is 0 Å². The Balaban J connectivity index is 2.16. The van der Waals surface area contributed by atoms with E-state index in [2.05, 4.69) is 4.72 Å². The second kappa shape index (κ2) is 4.92. The van der Waals surface area contributed by atoms with Crippen molar-refractivity contribution < 1.29 is 12.8 Å². The van der Waals surface area contributed by atoms with Gasteiger partial charge < -0.3 is 0 Å². The molecule has 0 radical (unpaired) electrons. The SMILES string of the molecule is O=S(=O)(NC1CCCC1Cl)c1ccc(F)cc1. The molecule has 1 aromatic rings. The summed E-state index contributed by atoms with van der Waals surface area (Å²) in [6, 6.07) is 4.51. The largest absolute Gasteiger partial charge is 0.240 e. The number of hydrogen-bond donors (Lipinski definition) is 1. The number of rotatable bonds is 3. The van der Waals surface area contributed by atoms with Crippen molar-refractivity contribution in [1.82, 2.24) is 4.72 Å². The third-order valence-electron chi connectivity index (χ3n) is 2.86. The maximum Gasteiger partial charge on any atom is 0.240 e. The molecule has 1 fully saturated rings. The molecule has 94 valence electrons. The van der Waals surface area contributed by atoms with E-state index in [1.54, 1.807) is 0 Å². The molecule has 0 bridgehead atoms. The lowest BCUT2D eigenvalue weighted by Gasteiger charge is -2.15. The fraction of sp³-hybridized carbons (Fsp3) is 0.455. The second-order valence-corrected chi connectivity index (χ2v) is 6.40. The van der Waals surface area contributed by atoms with E-state index in [1.165, 1.54) is 12.1 Å². The average molecular weight is 278 g/mol. The van der Waals surface area contributed by atoms with Gasteiger partial charge >= 0.3 is 0 Å². The summed E-state index contributed by atoms with van der Waals surface area (Å²) in [5.41, 5.74) is 0. The van der Waals surface area contributed by atoms with Gasteiger partial charge in [-0.05, 0) is 37.1 Å². The van der Waals surface area contributed by atoms with Crippen molar-refractivity contribution in [2.75, 3.05) is 0 Å². The van der Waals surface area contributed by atoms with Crippen molar-refractivity contribution in [3.63, 3.8) is 0 Å². The zero-order chi connectivity index (χ0) is 12.5. The van der Waals surface area contributed by atoms with Crippen LogP contribution in [-0.4, -0.2) is 19.8 Å². The van der Waals surface area contributed by atoms with Gasteiger partial charge in [-0.3, -0.25) is 0 Å². The molecule has 3 nitrogen and oxygen atoms in total. The van der Waals surface area contributed by atoms with Crippen molar-refractivity contribution in [2.24, 2.45) is 0 Å². The molecule has 0 spiro atoms. The zero-order valence-electron chi connectivity index (χ0n) is 9.07. The molecule has 1 aliphatic carbocycles. The van der Waals surface area contributed by atoms with E-state index in [9.17, 15) is 12.8 Å². The number of nitrogens with one attached hydrogen (secondary N) is 1. The van der Waals surface area contributed by atoms with E-state index in [0.717, 1.165) is 31.4 Å². The van der Waals surface area contributed by atoms with Gasteiger partial charge in [-0.1, -0.05) is 6.42 Å². The van der Waals surface area contributed by atoms with Gasteiger partial charge in [0.1, 0.15) is 5.82 Å². The van der Waals surface area contributed by atoms with Gasteiger partial charge in [0.05, 0.1) is 4.90 Å². The van der Waals surface area contributed by atoms with Gasteiger partial charge in [-0.2, -0.15) is 0 Å². The minimum absolute atomic E-state index is 0.0645. The third kappa shape index (κ3) is 2.97. The molecule has 2 unspecified atom stereocenters. The molecule has 0 heterocycles. The lowest BCUT2D eigenvalue weighted by atomic mass is 10.3. The number of hydrogen-bond acceptors (Lipinski definition) is 2. The highest BCUT2D eigenvalue weighted by Crippen LogP contribution is 2.25. The maximum absolute atomic E-state index is 12.7. The molecule has 6 heteroatoms. The first kappa shape index (κ1) is 12.8. The Morgan fingerprint density at radius 3 is 2.41 bits per heavy atom. The highest BCUT2D eigenvalue weighted by Gasteiger charge is 2.29. The first-order valence-corrected chi connectivity index (χ1v) is 7.33. The van der Waals surface area contributed by atoms with Gasteiger partial charge in [0.15, 0.2) is 0 Å². The summed E-state index contributed by atoms with van der Waals surface area (Å²) >= 11 is 6.01. The molecule has 0 amide bonds. The molecule has 1 aromatic carbocycles. The van der Waals surface area contributed by atoms with E-state index in [1.807, 2.05) is 0 Å². The molecule has 0 aromatic heterocycles. The molecule has 17 heavy (non-hydrogen) atoms. The Bertz CT molecular complexity index is 489. The highest BCUT2D eigenvalue weighted by molar-refractivity contribution is 7.89. The summed E-state index contributed by atoms with van der Waals surface area (Å²) in [7, 11) is -3.59. The van der Waals surface area contributed by atoms with Crippen LogP contribution in [0.25, 0.3) is 0 Å². The van der Waals surface area contributed by atoms with Crippen molar-refractivity contribution in [1.29, 1.82) is 0 Å². The van der Waals surface area contributed by atoms with Crippen LogP contribution in [-0.2, 0) is 10.0 Å². The van der Waals surface area contributed by atoms with Crippen LogP contribution in [0.4, 0.5) is 4.39 Å². The Hall–Kier alpha value is -0.650. The fourth-order valence-electron chi connectivity index (χ4n) is 1.93. The monoisotopic (exact) mass is 277 g/mol. The Labute approximate surface area is 105 Å². The zero-order valence-corrected chi connectivity index (χ0v) is 10.6. The van der Waals surface area contributed by atoms with Crippen LogP contribution in [0.3, 0.4) is 0 Å². The normalized spacial score (nSPS) is 25.1. The highest BCUT2D eigenvalue weighted by atomic mass is 35.5. The van der Waals surface area contributed by atoms with E-state index in [4.69, 9.17) is 11.6 Å². The summed E-state index contributed by atoms with van der Waals surface area (Å²) in [6.07, 6.45) is 2.48. The summed E-state index contributed by atoms with van der Waals surface area (Å²) in [5.74, 6) is -0.458. The van der Waals surface area contributed by atoms with E-state index < -0.39 is 15.8 Å². The summed E-state index contributed by atoms with van der Waals surface area (Å²) in [4.78, 5) is 0.0645. The van der Waals surface area contributed by atoms with Gasteiger partial charge in [0.2, 0.25) is 10.0 Å². The molecule has 2 rings (SSSR count). The predicted octanol–water partition coefficient (Wildman–Crippen LogP) is 2.26. The summed E-state index contributed by atoms with van der Waals surface area (Å²) in [5, 5.41) is -0.162. The number of halogens is 2. The van der Waals surface area contributed by atoms with Crippen molar-refractivity contribution in [3.05, 3.63) is 30.1 Å². The van der Waals surface area contributed by atoms with E-state index >= 15 is 0 Å². The minimum atomic E-state index is -3.59. The standard InChI is InChI=1S/C11H13ClFNO2S/c12-10-2-1-3-11(10)14-17(15,16)9-6-4-8(13)5-7-9/h4-7,10-11,14H,1-3H2. The molecular formula is C11H13ClFNO2S. The fourth-order valence-corrected chi connectivity index (χ4v) is 3.66. The van der Waals surface area contributed by atoms with Crippen LogP contribution >= 0.6 is 11.6 Å². The summed E-state index contributed by atoms with van der Waals surface area (Å²) < 4.78 is 39.2. The molecule has 2 atom stereocenters. The quantitative estimate of drug-likeness (QED) is 0.862. The van der Waals surface area contributed by atoms with Crippen LogP contribution in [0.15, 0.2) is 29.2 Å². The Morgan fingerprint density at radius 2 is 1.88 bits per heavy atom. The van der Waals surface area contributed by atoms with Crippen LogP contribution in [0, 0.1) is 5.82 Å². The van der Waals surface area contributed by atoms with E-state index in [-0.39, 0.29) is 16.3 Å². The lowest BCUT2D eigenvalue weighted by molar-refractivity contribution is 0.553. The Morgan fingerprint density at radius 1 is 1.24 bits per heavy atom. The van der Waals surface area contributed by atoms with Crippen molar-refractivity contribution in [3.8, 4) is 0 Å². The topological polar surface area (TPSA) is 46.2 Å². The molecule has 0 aliphatic heterocycles. The Kier molecular flexibility index (Phi) is 3.70. The van der Waals surface area contributed by atoms with Crippen LogP contribution in [0.5, 0.6) is 0 Å². The first-order valence-electron chi connectivity index (χ1n) is 5.41. The van der Waals surface area contributed by atoms with Gasteiger partial charge in [0, 0.05) is 11.4 Å². The summed E-state index contributed by atoms with van der Waals surface area (Å²) in [6.45, 7) is 0. The number of sulfonamides is 1. The number of benzene rings is 1. The third-order valence-corrected chi connectivity index (χ3v) is 4.89. The molecule has 1 saturated carbocycles. The smallest absolute Gasteiger partial charge is 0.207 e. The molecule has 1 N–H and O–H groups in total. The van der Waals surface area contributed by atoms with Gasteiger partial charge in [-0.25, -0.2) is 17.5 Å². The van der Waals surface area contributed by atoms with Gasteiger partial charge in [-0.15, -0.1) is 11.6 Å². The second-order valence-electron chi connectivity index (χ2n) is 4.13. The minimum Gasteiger partial charge on any atom is -0.207 e. The van der Waals surface area contributed by atoms with Crippen molar-refractivity contribution in [2.45, 2.75) is 35.6 Å².